The number of hydrogen-bond donors (Lipinski definition) is 1. The van der Waals surface area contributed by atoms with Crippen molar-refractivity contribution in [3.8, 4) is 0 Å². The molecule has 0 aromatic carbocycles. The summed E-state index contributed by atoms with van der Waals surface area (Å²) in [4.78, 5) is 0. The zero-order valence-corrected chi connectivity index (χ0v) is 6.07. The predicted octanol–water partition coefficient (Wildman–Crippen LogP) is 0.355. The van der Waals surface area contributed by atoms with E-state index in [1.54, 1.807) is 6.92 Å². The molecule has 1 heterocycles. The van der Waals surface area contributed by atoms with Crippen LogP contribution >= 0.6 is 0 Å². The highest BCUT2D eigenvalue weighted by Gasteiger charge is 2.01. The van der Waals surface area contributed by atoms with Crippen LogP contribution in [0.3, 0.4) is 0 Å². The fraction of sp³-hybridized carbons (Fsp3) is 0.375. The Morgan fingerprint density at radius 3 is 2.40 bits per heavy atom. The highest BCUT2D eigenvalue weighted by Crippen LogP contribution is 1.80. The van der Waals surface area contributed by atoms with Gasteiger partial charge in [-0.15, -0.1) is 0 Å². The summed E-state index contributed by atoms with van der Waals surface area (Å²) in [5.41, 5.74) is 0. The standard InChI is InChI=1S/C8H12NO/c1-8(10)7-9-5-3-2-4-6-9/h2-6,8,10H,7H2,1H3/q+1/t8-/m1/s1. The van der Waals surface area contributed by atoms with E-state index in [1.165, 1.54) is 0 Å². The van der Waals surface area contributed by atoms with E-state index in [9.17, 15) is 0 Å². The molecule has 0 amide bonds. The molecule has 10 heavy (non-hydrogen) atoms. The summed E-state index contributed by atoms with van der Waals surface area (Å²) in [6.45, 7) is 2.45. The molecule has 0 aliphatic heterocycles. The summed E-state index contributed by atoms with van der Waals surface area (Å²) in [6.07, 6.45) is 3.60. The first-order valence-electron chi connectivity index (χ1n) is 3.41. The summed E-state index contributed by atoms with van der Waals surface area (Å²) in [7, 11) is 0. The normalized spacial score (nSPS) is 13.0. The van der Waals surface area contributed by atoms with Gasteiger partial charge in [-0.2, -0.15) is 0 Å². The molecule has 0 bridgehead atoms. The molecule has 0 spiro atoms. The Labute approximate surface area is 60.8 Å². The quantitative estimate of drug-likeness (QED) is 0.586. The van der Waals surface area contributed by atoms with Gasteiger partial charge in [0.1, 0.15) is 6.10 Å². The third kappa shape index (κ3) is 2.15. The molecule has 0 aliphatic rings. The highest BCUT2D eigenvalue weighted by atomic mass is 16.3. The van der Waals surface area contributed by atoms with Gasteiger partial charge in [0.15, 0.2) is 18.9 Å². The lowest BCUT2D eigenvalue weighted by Crippen LogP contribution is -2.37. The number of hydrogen-bond acceptors (Lipinski definition) is 1. The van der Waals surface area contributed by atoms with Crippen LogP contribution in [0.25, 0.3) is 0 Å². The lowest BCUT2D eigenvalue weighted by atomic mass is 10.4. The average molecular weight is 138 g/mol. The maximum Gasteiger partial charge on any atom is 0.173 e. The minimum absolute atomic E-state index is 0.271. The van der Waals surface area contributed by atoms with Gasteiger partial charge < -0.3 is 5.11 Å². The number of aliphatic hydroxyl groups is 1. The van der Waals surface area contributed by atoms with Crippen LogP contribution in [0, 0.1) is 0 Å². The average Bonchev–Trinajstić information content (AvgIpc) is 1.88. The van der Waals surface area contributed by atoms with E-state index in [-0.39, 0.29) is 6.10 Å². The molecule has 0 saturated carbocycles. The first kappa shape index (κ1) is 7.22. The molecule has 2 nitrogen and oxygen atoms in total. The fourth-order valence-corrected chi connectivity index (χ4v) is 0.861. The molecule has 0 aliphatic carbocycles. The van der Waals surface area contributed by atoms with Crippen LogP contribution in [0.2, 0.25) is 0 Å². The fourth-order valence-electron chi connectivity index (χ4n) is 0.861. The Balaban J connectivity index is 2.59. The second-order valence-electron chi connectivity index (χ2n) is 2.42. The summed E-state index contributed by atoms with van der Waals surface area (Å²) in [5, 5.41) is 8.98. The molecular weight excluding hydrogens is 126 g/mol. The van der Waals surface area contributed by atoms with Crippen LogP contribution in [0.5, 0.6) is 0 Å². The van der Waals surface area contributed by atoms with Gasteiger partial charge >= 0.3 is 0 Å². The van der Waals surface area contributed by atoms with Crippen molar-refractivity contribution in [2.24, 2.45) is 0 Å². The molecular formula is C8H12NO+. The van der Waals surface area contributed by atoms with Crippen molar-refractivity contribution < 1.29 is 9.67 Å². The van der Waals surface area contributed by atoms with Gasteiger partial charge in [-0.25, -0.2) is 4.57 Å². The monoisotopic (exact) mass is 138 g/mol. The van der Waals surface area contributed by atoms with Crippen molar-refractivity contribution >= 4 is 0 Å². The molecule has 0 radical (unpaired) electrons. The molecule has 2 heteroatoms. The summed E-state index contributed by atoms with van der Waals surface area (Å²) >= 11 is 0. The molecule has 1 atom stereocenters. The number of aromatic nitrogens is 1. The SMILES string of the molecule is C[C@@H](O)C[n+]1ccccc1. The number of nitrogens with zero attached hydrogens (tertiary/aromatic N) is 1. The lowest BCUT2D eigenvalue weighted by Gasteiger charge is -1.97. The van der Waals surface area contributed by atoms with Gasteiger partial charge in [0, 0.05) is 12.1 Å². The molecule has 1 aromatic heterocycles. The molecule has 1 N–H and O–H groups in total. The molecule has 0 unspecified atom stereocenters. The van der Waals surface area contributed by atoms with E-state index < -0.39 is 0 Å². The first-order valence-corrected chi connectivity index (χ1v) is 3.41. The molecule has 1 rings (SSSR count). The van der Waals surface area contributed by atoms with E-state index in [0.717, 1.165) is 0 Å². The van der Waals surface area contributed by atoms with Crippen LogP contribution < -0.4 is 4.57 Å². The minimum atomic E-state index is -0.271. The van der Waals surface area contributed by atoms with Crippen molar-refractivity contribution in [2.75, 3.05) is 0 Å². The molecule has 54 valence electrons. The largest absolute Gasteiger partial charge is 0.387 e. The van der Waals surface area contributed by atoms with Crippen molar-refractivity contribution in [1.29, 1.82) is 0 Å². The Bertz CT molecular complexity index is 184. The smallest absolute Gasteiger partial charge is 0.173 e. The van der Waals surface area contributed by atoms with Crippen molar-refractivity contribution in [3.05, 3.63) is 30.6 Å². The maximum absolute atomic E-state index is 8.98. The number of pyridine rings is 1. The van der Waals surface area contributed by atoms with Crippen molar-refractivity contribution in [1.82, 2.24) is 0 Å². The van der Waals surface area contributed by atoms with Crippen LogP contribution in [-0.4, -0.2) is 11.2 Å². The molecule has 0 fully saturated rings. The van der Waals surface area contributed by atoms with E-state index >= 15 is 0 Å². The number of rotatable bonds is 2. The zero-order chi connectivity index (χ0) is 7.40. The molecule has 1 aromatic rings. The third-order valence-electron chi connectivity index (χ3n) is 1.25. The highest BCUT2D eigenvalue weighted by molar-refractivity contribution is 4.83. The van der Waals surface area contributed by atoms with Crippen LogP contribution in [-0.2, 0) is 6.54 Å². The van der Waals surface area contributed by atoms with Gasteiger partial charge in [0.25, 0.3) is 0 Å². The van der Waals surface area contributed by atoms with E-state index in [1.807, 2.05) is 35.2 Å². The minimum Gasteiger partial charge on any atom is -0.387 e. The maximum atomic E-state index is 8.98. The topological polar surface area (TPSA) is 24.1 Å². The zero-order valence-electron chi connectivity index (χ0n) is 6.07. The summed E-state index contributed by atoms with van der Waals surface area (Å²) in [6, 6.07) is 5.85. The van der Waals surface area contributed by atoms with Gasteiger partial charge in [0.05, 0.1) is 0 Å². The lowest BCUT2D eigenvalue weighted by molar-refractivity contribution is -0.703. The molecule has 0 saturated heterocycles. The van der Waals surface area contributed by atoms with Crippen LogP contribution in [0.15, 0.2) is 30.6 Å². The van der Waals surface area contributed by atoms with E-state index in [4.69, 9.17) is 5.11 Å². The third-order valence-corrected chi connectivity index (χ3v) is 1.25. The van der Waals surface area contributed by atoms with Gasteiger partial charge in [-0.1, -0.05) is 6.07 Å². The summed E-state index contributed by atoms with van der Waals surface area (Å²) < 4.78 is 1.95. The second-order valence-corrected chi connectivity index (χ2v) is 2.42. The first-order chi connectivity index (χ1) is 4.79. The van der Waals surface area contributed by atoms with E-state index in [2.05, 4.69) is 0 Å². The number of aliphatic hydroxyl groups excluding tert-OH is 1. The Hall–Kier alpha value is -0.890. The van der Waals surface area contributed by atoms with Crippen molar-refractivity contribution in [3.63, 3.8) is 0 Å². The van der Waals surface area contributed by atoms with Gasteiger partial charge in [0.2, 0.25) is 0 Å². The van der Waals surface area contributed by atoms with Crippen LogP contribution in [0.4, 0.5) is 0 Å². The van der Waals surface area contributed by atoms with Crippen LogP contribution in [0.1, 0.15) is 6.92 Å². The second kappa shape index (κ2) is 3.32. The van der Waals surface area contributed by atoms with Gasteiger partial charge in [-0.3, -0.25) is 0 Å². The predicted molar refractivity (Wildman–Crippen MR) is 38.3 cm³/mol. The Morgan fingerprint density at radius 1 is 1.30 bits per heavy atom. The van der Waals surface area contributed by atoms with E-state index in [0.29, 0.717) is 6.54 Å². The van der Waals surface area contributed by atoms with Gasteiger partial charge in [-0.05, 0) is 6.92 Å². The van der Waals surface area contributed by atoms with Crippen molar-refractivity contribution in [2.45, 2.75) is 19.6 Å². The Kier molecular flexibility index (Phi) is 2.40. The summed E-state index contributed by atoms with van der Waals surface area (Å²) in [5.74, 6) is 0. The Morgan fingerprint density at radius 2 is 1.90 bits per heavy atom.